The third-order valence-electron chi connectivity index (χ3n) is 5.23. The van der Waals surface area contributed by atoms with E-state index in [1.54, 1.807) is 14.1 Å². The summed E-state index contributed by atoms with van der Waals surface area (Å²) in [6.07, 6.45) is 1.09. The van der Waals surface area contributed by atoms with E-state index in [0.717, 1.165) is 11.1 Å². The molecule has 7 heteroatoms. The monoisotopic (exact) mass is 358 g/mol. The van der Waals surface area contributed by atoms with E-state index in [0.29, 0.717) is 31.6 Å². The highest BCUT2D eigenvalue weighted by Gasteiger charge is 2.36. The van der Waals surface area contributed by atoms with Crippen LogP contribution in [0.2, 0.25) is 0 Å². The minimum atomic E-state index is -0.503. The molecule has 0 unspecified atom stereocenters. The van der Waals surface area contributed by atoms with Crippen LogP contribution in [-0.2, 0) is 25.3 Å². The number of aliphatic hydroxyl groups excluding tert-OH is 1. The quantitative estimate of drug-likeness (QED) is 0.821. The molecular weight excluding hydrogens is 332 g/mol. The minimum Gasteiger partial charge on any atom is -0.393 e. The Morgan fingerprint density at radius 1 is 1.27 bits per heavy atom. The van der Waals surface area contributed by atoms with Crippen molar-refractivity contribution < 1.29 is 9.90 Å². The molecule has 3 rings (SSSR count). The Morgan fingerprint density at radius 2 is 1.96 bits per heavy atom. The fourth-order valence-corrected chi connectivity index (χ4v) is 3.67. The lowest BCUT2D eigenvalue weighted by molar-refractivity contribution is -0.120. The van der Waals surface area contributed by atoms with E-state index >= 15 is 0 Å². The molecule has 1 fully saturated rings. The van der Waals surface area contributed by atoms with Gasteiger partial charge in [0.1, 0.15) is 5.82 Å². The van der Waals surface area contributed by atoms with Crippen LogP contribution in [0.4, 0.5) is 0 Å². The number of nitrogens with zero attached hydrogens (tertiary/aromatic N) is 3. The summed E-state index contributed by atoms with van der Waals surface area (Å²) in [6.45, 7) is 2.45. The maximum Gasteiger partial charge on any atom is 0.345 e. The largest absolute Gasteiger partial charge is 0.393 e. The molecule has 26 heavy (non-hydrogen) atoms. The number of carbonyl (C=O) groups excluding carboxylic acids is 1. The third-order valence-corrected chi connectivity index (χ3v) is 5.23. The summed E-state index contributed by atoms with van der Waals surface area (Å²) in [4.78, 5) is 24.0. The molecule has 0 radical (unpaired) electrons. The summed E-state index contributed by atoms with van der Waals surface area (Å²) in [5.74, 6) is 0.654. The van der Waals surface area contributed by atoms with Crippen LogP contribution in [0.1, 0.15) is 35.7 Å². The summed E-state index contributed by atoms with van der Waals surface area (Å²) in [5, 5.41) is 17.6. The van der Waals surface area contributed by atoms with Crippen molar-refractivity contribution in [1.82, 2.24) is 19.7 Å². The second-order valence-corrected chi connectivity index (χ2v) is 7.29. The Morgan fingerprint density at radius 3 is 2.58 bits per heavy atom. The molecule has 7 nitrogen and oxygen atoms in total. The molecule has 140 valence electrons. The molecule has 2 aromatic rings. The fourth-order valence-electron chi connectivity index (χ4n) is 3.67. The number of aliphatic hydroxyl groups is 1. The van der Waals surface area contributed by atoms with Crippen molar-refractivity contribution in [2.75, 3.05) is 6.54 Å². The van der Waals surface area contributed by atoms with Gasteiger partial charge in [-0.1, -0.05) is 29.8 Å². The highest BCUT2D eigenvalue weighted by molar-refractivity contribution is 5.78. The number of aryl methyl sites for hydroxylation is 2. The zero-order valence-corrected chi connectivity index (χ0v) is 15.5. The highest BCUT2D eigenvalue weighted by Crippen LogP contribution is 2.37. The SMILES string of the molecule is Cc1ccc(CC(=O)NC[C@H]2C[C@H](c3nn(C)c(=O)n3C)C[C@H]2O)cc1. The van der Waals surface area contributed by atoms with E-state index in [-0.39, 0.29) is 23.4 Å². The standard InChI is InChI=1S/C19H26N4O3/c1-12-4-6-13(7-5-12)8-17(25)20-11-15-9-14(10-16(15)24)18-21-23(3)19(26)22(18)2/h4-7,14-16,24H,8-11H2,1-3H3,(H,20,25)/t14-,15+,16+/m0/s1. The van der Waals surface area contributed by atoms with Crippen LogP contribution >= 0.6 is 0 Å². The molecule has 1 heterocycles. The Labute approximate surface area is 152 Å². The number of carbonyl (C=O) groups is 1. The number of amides is 1. The predicted octanol–water partition coefficient (Wildman–Crippen LogP) is 0.641. The molecule has 1 amide bonds. The summed E-state index contributed by atoms with van der Waals surface area (Å²) in [7, 11) is 3.33. The van der Waals surface area contributed by atoms with Crippen molar-refractivity contribution in [2.24, 2.45) is 20.0 Å². The second kappa shape index (κ2) is 7.45. The van der Waals surface area contributed by atoms with Gasteiger partial charge in [-0.25, -0.2) is 9.48 Å². The van der Waals surface area contributed by atoms with Crippen LogP contribution < -0.4 is 11.0 Å². The first-order chi connectivity index (χ1) is 12.3. The van der Waals surface area contributed by atoms with Crippen molar-refractivity contribution in [3.05, 3.63) is 51.7 Å². The topological polar surface area (TPSA) is 89.2 Å². The summed E-state index contributed by atoms with van der Waals surface area (Å²) in [5.41, 5.74) is 1.98. The average Bonchev–Trinajstić information content (AvgIpc) is 3.10. The van der Waals surface area contributed by atoms with Gasteiger partial charge < -0.3 is 10.4 Å². The Kier molecular flexibility index (Phi) is 5.27. The van der Waals surface area contributed by atoms with Crippen LogP contribution in [0.3, 0.4) is 0 Å². The molecule has 0 bridgehead atoms. The lowest BCUT2D eigenvalue weighted by atomic mass is 10.0. The average molecular weight is 358 g/mol. The molecule has 0 saturated heterocycles. The second-order valence-electron chi connectivity index (χ2n) is 7.29. The van der Waals surface area contributed by atoms with E-state index < -0.39 is 6.10 Å². The first-order valence-corrected chi connectivity index (χ1v) is 8.95. The normalized spacial score (nSPS) is 22.5. The van der Waals surface area contributed by atoms with Gasteiger partial charge in [-0.3, -0.25) is 9.36 Å². The lowest BCUT2D eigenvalue weighted by Crippen LogP contribution is -2.33. The van der Waals surface area contributed by atoms with Crippen molar-refractivity contribution in [1.29, 1.82) is 0 Å². The van der Waals surface area contributed by atoms with Gasteiger partial charge in [-0.15, -0.1) is 0 Å². The van der Waals surface area contributed by atoms with Gasteiger partial charge in [0.25, 0.3) is 0 Å². The molecule has 1 aliphatic rings. The summed E-state index contributed by atoms with van der Waals surface area (Å²) < 4.78 is 2.86. The van der Waals surface area contributed by atoms with Crippen LogP contribution in [0.25, 0.3) is 0 Å². The zero-order valence-electron chi connectivity index (χ0n) is 15.5. The molecule has 1 saturated carbocycles. The van der Waals surface area contributed by atoms with Gasteiger partial charge in [0.2, 0.25) is 5.91 Å². The number of benzene rings is 1. The smallest absolute Gasteiger partial charge is 0.345 e. The molecule has 0 spiro atoms. The maximum absolute atomic E-state index is 12.2. The van der Waals surface area contributed by atoms with E-state index in [2.05, 4.69) is 10.4 Å². The molecule has 1 aromatic heterocycles. The van der Waals surface area contributed by atoms with Gasteiger partial charge >= 0.3 is 5.69 Å². The first-order valence-electron chi connectivity index (χ1n) is 8.95. The molecule has 0 aliphatic heterocycles. The molecule has 1 aliphatic carbocycles. The molecule has 3 atom stereocenters. The zero-order chi connectivity index (χ0) is 18.8. The number of nitrogens with one attached hydrogen (secondary N) is 1. The number of rotatable bonds is 5. The summed E-state index contributed by atoms with van der Waals surface area (Å²) in [6, 6.07) is 7.89. The van der Waals surface area contributed by atoms with E-state index in [9.17, 15) is 14.7 Å². The molecule has 1 aromatic carbocycles. The van der Waals surface area contributed by atoms with Crippen LogP contribution in [0.15, 0.2) is 29.1 Å². The van der Waals surface area contributed by atoms with Crippen molar-refractivity contribution in [3.8, 4) is 0 Å². The number of hydrogen-bond acceptors (Lipinski definition) is 4. The summed E-state index contributed by atoms with van der Waals surface area (Å²) >= 11 is 0. The van der Waals surface area contributed by atoms with Gasteiger partial charge in [0.15, 0.2) is 0 Å². The third kappa shape index (κ3) is 3.88. The maximum atomic E-state index is 12.2. The van der Waals surface area contributed by atoms with E-state index in [4.69, 9.17) is 0 Å². The van der Waals surface area contributed by atoms with E-state index in [1.165, 1.54) is 9.25 Å². The van der Waals surface area contributed by atoms with Crippen LogP contribution in [-0.4, -0.2) is 38.0 Å². The van der Waals surface area contributed by atoms with Crippen LogP contribution in [0, 0.1) is 12.8 Å². The van der Waals surface area contributed by atoms with Gasteiger partial charge in [-0.05, 0) is 25.3 Å². The van der Waals surface area contributed by atoms with Gasteiger partial charge in [-0.2, -0.15) is 5.10 Å². The Bertz CT molecular complexity index is 837. The highest BCUT2D eigenvalue weighted by atomic mass is 16.3. The predicted molar refractivity (Wildman–Crippen MR) is 97.8 cm³/mol. The number of hydrogen-bond donors (Lipinski definition) is 2. The Balaban J connectivity index is 1.55. The van der Waals surface area contributed by atoms with Gasteiger partial charge in [0.05, 0.1) is 12.5 Å². The van der Waals surface area contributed by atoms with Crippen molar-refractivity contribution >= 4 is 5.91 Å². The molecular formula is C19H26N4O3. The van der Waals surface area contributed by atoms with Crippen molar-refractivity contribution in [2.45, 2.75) is 38.2 Å². The van der Waals surface area contributed by atoms with Crippen molar-refractivity contribution in [3.63, 3.8) is 0 Å². The fraction of sp³-hybridized carbons (Fsp3) is 0.526. The lowest BCUT2D eigenvalue weighted by Gasteiger charge is -2.15. The van der Waals surface area contributed by atoms with E-state index in [1.807, 2.05) is 31.2 Å². The Hall–Kier alpha value is -2.41. The first kappa shape index (κ1) is 18.4. The minimum absolute atomic E-state index is 0.0286. The molecule has 2 N–H and O–H groups in total. The van der Waals surface area contributed by atoms with Gasteiger partial charge in [0, 0.05) is 32.5 Å². The number of aromatic nitrogens is 3. The van der Waals surface area contributed by atoms with Crippen LogP contribution in [0.5, 0.6) is 0 Å².